The van der Waals surface area contributed by atoms with Crippen molar-refractivity contribution in [3.8, 4) is 5.75 Å². The van der Waals surface area contributed by atoms with Gasteiger partial charge in [-0.1, -0.05) is 0 Å². The molecule has 1 aliphatic heterocycles. The first-order valence-electron chi connectivity index (χ1n) is 8.50. The summed E-state index contributed by atoms with van der Waals surface area (Å²) in [5.74, 6) is 0.237. The van der Waals surface area contributed by atoms with Gasteiger partial charge in [0.25, 0.3) is 5.91 Å². The Morgan fingerprint density at radius 3 is 2.56 bits per heavy atom. The molecule has 2 aromatic rings. The van der Waals surface area contributed by atoms with Gasteiger partial charge in [-0.15, -0.1) is 0 Å². The summed E-state index contributed by atoms with van der Waals surface area (Å²) in [4.78, 5) is 20.5. The van der Waals surface area contributed by atoms with Gasteiger partial charge in [-0.3, -0.25) is 9.78 Å². The van der Waals surface area contributed by atoms with Gasteiger partial charge in [-0.2, -0.15) is 13.2 Å². The lowest BCUT2D eigenvalue weighted by atomic mass is 9.97. The van der Waals surface area contributed by atoms with Gasteiger partial charge in [0.2, 0.25) is 0 Å². The molecule has 0 aromatic carbocycles. The van der Waals surface area contributed by atoms with Gasteiger partial charge < -0.3 is 15.4 Å². The Morgan fingerprint density at radius 1 is 1.22 bits per heavy atom. The maximum atomic E-state index is 12.6. The van der Waals surface area contributed by atoms with E-state index in [1.165, 1.54) is 24.5 Å². The minimum Gasteiger partial charge on any atom is -0.493 e. The lowest BCUT2D eigenvalue weighted by Gasteiger charge is -2.33. The van der Waals surface area contributed by atoms with E-state index in [0.29, 0.717) is 37.1 Å². The zero-order chi connectivity index (χ0) is 19.4. The van der Waals surface area contributed by atoms with E-state index in [1.54, 1.807) is 6.07 Å². The average Bonchev–Trinajstić information content (AvgIpc) is 2.66. The van der Waals surface area contributed by atoms with Crippen molar-refractivity contribution in [2.75, 3.05) is 24.6 Å². The highest BCUT2D eigenvalue weighted by molar-refractivity contribution is 5.91. The third kappa shape index (κ3) is 4.87. The van der Waals surface area contributed by atoms with Crippen LogP contribution in [0.15, 0.2) is 36.7 Å². The summed E-state index contributed by atoms with van der Waals surface area (Å²) in [6, 6.07) is 5.63. The summed E-state index contributed by atoms with van der Waals surface area (Å²) in [5, 5.41) is 0. The van der Waals surface area contributed by atoms with Crippen LogP contribution in [0.3, 0.4) is 0 Å². The molecule has 27 heavy (non-hydrogen) atoms. The highest BCUT2D eigenvalue weighted by Gasteiger charge is 2.32. The first-order chi connectivity index (χ1) is 12.8. The van der Waals surface area contributed by atoms with E-state index in [2.05, 4.69) is 9.97 Å². The van der Waals surface area contributed by atoms with Crippen LogP contribution in [0.4, 0.5) is 18.9 Å². The first kappa shape index (κ1) is 18.9. The Kier molecular flexibility index (Phi) is 5.48. The molecule has 0 atom stereocenters. The van der Waals surface area contributed by atoms with E-state index in [1.807, 2.05) is 4.90 Å². The monoisotopic (exact) mass is 380 g/mol. The maximum absolute atomic E-state index is 12.6. The molecule has 2 N–H and O–H groups in total. The second-order valence-electron chi connectivity index (χ2n) is 6.38. The highest BCUT2D eigenvalue weighted by atomic mass is 19.4. The number of rotatable bonds is 5. The smallest absolute Gasteiger partial charge is 0.433 e. The molecule has 1 aliphatic rings. The minimum absolute atomic E-state index is 0.150. The van der Waals surface area contributed by atoms with Gasteiger partial charge in [0.15, 0.2) is 0 Å². The van der Waals surface area contributed by atoms with E-state index in [9.17, 15) is 18.0 Å². The summed E-state index contributed by atoms with van der Waals surface area (Å²) >= 11 is 0. The number of hydrogen-bond donors (Lipinski definition) is 1. The van der Waals surface area contributed by atoms with Gasteiger partial charge in [-0.05, 0) is 37.0 Å². The molecule has 9 heteroatoms. The van der Waals surface area contributed by atoms with Crippen molar-refractivity contribution in [3.63, 3.8) is 0 Å². The number of anilines is 1. The zero-order valence-corrected chi connectivity index (χ0v) is 14.4. The normalized spacial score (nSPS) is 15.6. The number of nitrogens with zero attached hydrogens (tertiary/aromatic N) is 3. The predicted octanol–water partition coefficient (Wildman–Crippen LogP) is 2.89. The van der Waals surface area contributed by atoms with E-state index >= 15 is 0 Å². The zero-order valence-electron chi connectivity index (χ0n) is 14.4. The van der Waals surface area contributed by atoms with Crippen LogP contribution in [0.25, 0.3) is 0 Å². The lowest BCUT2D eigenvalue weighted by molar-refractivity contribution is -0.141. The number of amides is 1. The number of ether oxygens (including phenoxy) is 1. The van der Waals surface area contributed by atoms with Crippen molar-refractivity contribution in [1.82, 2.24) is 9.97 Å². The Bertz CT molecular complexity index is 788. The van der Waals surface area contributed by atoms with Gasteiger partial charge in [-0.25, -0.2) is 4.98 Å². The van der Waals surface area contributed by atoms with E-state index in [4.69, 9.17) is 10.5 Å². The van der Waals surface area contributed by atoms with Gasteiger partial charge in [0, 0.05) is 25.4 Å². The Morgan fingerprint density at radius 2 is 1.96 bits per heavy atom. The number of primary amides is 1. The van der Waals surface area contributed by atoms with Crippen molar-refractivity contribution in [2.24, 2.45) is 11.7 Å². The molecule has 6 nitrogen and oxygen atoms in total. The van der Waals surface area contributed by atoms with Crippen molar-refractivity contribution >= 4 is 11.6 Å². The number of halogens is 3. The van der Waals surface area contributed by atoms with Gasteiger partial charge >= 0.3 is 6.18 Å². The summed E-state index contributed by atoms with van der Waals surface area (Å²) in [7, 11) is 0. The second kappa shape index (κ2) is 7.81. The van der Waals surface area contributed by atoms with Gasteiger partial charge in [0.1, 0.15) is 17.1 Å². The summed E-state index contributed by atoms with van der Waals surface area (Å²) in [5.41, 5.74) is 5.14. The Labute approximate surface area is 154 Å². The summed E-state index contributed by atoms with van der Waals surface area (Å²) < 4.78 is 43.5. The van der Waals surface area contributed by atoms with Crippen molar-refractivity contribution in [3.05, 3.63) is 48.0 Å². The van der Waals surface area contributed by atoms with Crippen LogP contribution in [-0.2, 0) is 6.18 Å². The number of nitrogens with two attached hydrogens (primary N) is 1. The molecule has 144 valence electrons. The fourth-order valence-corrected chi connectivity index (χ4v) is 2.95. The van der Waals surface area contributed by atoms with Gasteiger partial charge in [0.05, 0.1) is 18.5 Å². The minimum atomic E-state index is -4.43. The largest absolute Gasteiger partial charge is 0.493 e. The van der Waals surface area contributed by atoms with Crippen LogP contribution in [0.5, 0.6) is 5.75 Å². The Balaban J connectivity index is 1.50. The molecular formula is C18H19F3N4O2. The second-order valence-corrected chi connectivity index (χ2v) is 6.38. The van der Waals surface area contributed by atoms with Crippen LogP contribution in [0.2, 0.25) is 0 Å². The SMILES string of the molecule is NC(=O)c1cc(OCC2CCN(c3ccc(C(F)(F)F)nc3)CC2)ccn1. The lowest BCUT2D eigenvalue weighted by Crippen LogP contribution is -2.35. The molecule has 0 spiro atoms. The molecule has 3 heterocycles. The molecule has 1 saturated heterocycles. The standard InChI is InChI=1S/C18H19F3N4O2/c19-18(20,21)16-2-1-13(10-24-16)25-7-4-12(5-8-25)11-27-14-3-6-23-15(9-14)17(22)26/h1-3,6,9-10,12H,4-5,7-8,11H2,(H2,22,26). The molecule has 0 aliphatic carbocycles. The Hall–Kier alpha value is -2.84. The van der Waals surface area contributed by atoms with Crippen molar-refractivity contribution in [1.29, 1.82) is 0 Å². The van der Waals surface area contributed by atoms with Crippen LogP contribution in [0.1, 0.15) is 29.0 Å². The van der Waals surface area contributed by atoms with Crippen LogP contribution in [0, 0.1) is 5.92 Å². The summed E-state index contributed by atoms with van der Waals surface area (Å²) in [6.45, 7) is 1.91. The fourth-order valence-electron chi connectivity index (χ4n) is 2.95. The van der Waals surface area contributed by atoms with Crippen LogP contribution in [-0.4, -0.2) is 35.6 Å². The fraction of sp³-hybridized carbons (Fsp3) is 0.389. The van der Waals surface area contributed by atoms with E-state index in [-0.39, 0.29) is 5.69 Å². The molecule has 1 amide bonds. The number of carbonyl (C=O) groups excluding carboxylic acids is 1. The topological polar surface area (TPSA) is 81.3 Å². The number of pyridine rings is 2. The molecule has 0 saturated carbocycles. The maximum Gasteiger partial charge on any atom is 0.433 e. The number of piperidine rings is 1. The third-order valence-electron chi connectivity index (χ3n) is 4.49. The molecule has 2 aromatic heterocycles. The number of alkyl halides is 3. The highest BCUT2D eigenvalue weighted by Crippen LogP contribution is 2.29. The molecule has 3 rings (SSSR count). The average molecular weight is 380 g/mol. The predicted molar refractivity (Wildman–Crippen MR) is 92.4 cm³/mol. The van der Waals surface area contributed by atoms with E-state index in [0.717, 1.165) is 18.9 Å². The van der Waals surface area contributed by atoms with Crippen molar-refractivity contribution in [2.45, 2.75) is 19.0 Å². The molecule has 1 fully saturated rings. The van der Waals surface area contributed by atoms with E-state index < -0.39 is 17.8 Å². The molecular weight excluding hydrogens is 361 g/mol. The number of hydrogen-bond acceptors (Lipinski definition) is 5. The number of carbonyl (C=O) groups is 1. The van der Waals surface area contributed by atoms with Crippen molar-refractivity contribution < 1.29 is 22.7 Å². The molecule has 0 radical (unpaired) electrons. The van der Waals surface area contributed by atoms with Crippen LogP contribution >= 0.6 is 0 Å². The first-order valence-corrected chi connectivity index (χ1v) is 8.50. The quantitative estimate of drug-likeness (QED) is 0.863. The third-order valence-corrected chi connectivity index (χ3v) is 4.49. The van der Waals surface area contributed by atoms with Crippen LogP contribution < -0.4 is 15.4 Å². The number of aromatic nitrogens is 2. The molecule has 0 bridgehead atoms. The molecule has 0 unspecified atom stereocenters. The summed E-state index contributed by atoms with van der Waals surface area (Å²) in [6.07, 6.45) is -0.00855.